The molecule has 1 aromatic rings. The van der Waals surface area contributed by atoms with Crippen LogP contribution in [0.1, 0.15) is 26.7 Å². The van der Waals surface area contributed by atoms with Crippen molar-refractivity contribution in [2.45, 2.75) is 39.3 Å². The summed E-state index contributed by atoms with van der Waals surface area (Å²) in [5, 5.41) is 5.11. The maximum absolute atomic E-state index is 11.3. The molecule has 0 fully saturated rings. The van der Waals surface area contributed by atoms with Gasteiger partial charge in [0, 0.05) is 12.6 Å². The van der Waals surface area contributed by atoms with E-state index in [0.717, 1.165) is 19.4 Å². The van der Waals surface area contributed by atoms with Crippen LogP contribution in [-0.4, -0.2) is 39.3 Å². The molecule has 0 aliphatic carbocycles. The molecule has 2 N–H and O–H groups in total. The van der Waals surface area contributed by atoms with Gasteiger partial charge in [0.15, 0.2) is 4.77 Å². The van der Waals surface area contributed by atoms with E-state index in [4.69, 9.17) is 12.2 Å². The maximum Gasteiger partial charge on any atom is 0.342 e. The van der Waals surface area contributed by atoms with E-state index < -0.39 is 0 Å². The lowest BCUT2D eigenvalue weighted by atomic mass is 10.2. The molecule has 0 aliphatic heterocycles. The molecule has 5 nitrogen and oxygen atoms in total. The van der Waals surface area contributed by atoms with Crippen molar-refractivity contribution < 1.29 is 0 Å². The molecule has 1 aromatic heterocycles. The zero-order valence-electron chi connectivity index (χ0n) is 10.1. The molecule has 92 valence electrons. The Kier molecular flexibility index (Phi) is 4.95. The standard InChI is InChI=1S/C10H20N4OS/c1-8(2)13(3)6-4-5-7-14-9(15)11-12-10(14)16/h8H,4-7H2,1-3H3,(H,11,15)(H,12,16). The average molecular weight is 244 g/mol. The van der Waals surface area contributed by atoms with E-state index >= 15 is 0 Å². The Morgan fingerprint density at radius 3 is 2.56 bits per heavy atom. The van der Waals surface area contributed by atoms with E-state index in [9.17, 15) is 4.79 Å². The Bertz CT molecular complexity index is 389. The van der Waals surface area contributed by atoms with Gasteiger partial charge in [-0.3, -0.25) is 9.67 Å². The molecule has 0 unspecified atom stereocenters. The van der Waals surface area contributed by atoms with Crippen molar-refractivity contribution in [3.8, 4) is 0 Å². The quantitative estimate of drug-likeness (QED) is 0.587. The smallest absolute Gasteiger partial charge is 0.304 e. The van der Waals surface area contributed by atoms with Gasteiger partial charge < -0.3 is 4.90 Å². The summed E-state index contributed by atoms with van der Waals surface area (Å²) >= 11 is 4.98. The number of unbranched alkanes of at least 4 members (excludes halogenated alkanes) is 1. The Morgan fingerprint density at radius 2 is 2.06 bits per heavy atom. The van der Waals surface area contributed by atoms with Crippen LogP contribution in [0.5, 0.6) is 0 Å². The fourth-order valence-corrected chi connectivity index (χ4v) is 1.65. The lowest BCUT2D eigenvalue weighted by Gasteiger charge is -2.20. The normalized spacial score (nSPS) is 11.6. The molecular weight excluding hydrogens is 224 g/mol. The second-order valence-electron chi connectivity index (χ2n) is 4.29. The van der Waals surface area contributed by atoms with Crippen LogP contribution in [0.4, 0.5) is 0 Å². The number of aromatic nitrogens is 3. The largest absolute Gasteiger partial charge is 0.342 e. The van der Waals surface area contributed by atoms with Gasteiger partial charge in [-0.25, -0.2) is 9.89 Å². The predicted molar refractivity (Wildman–Crippen MR) is 67.2 cm³/mol. The van der Waals surface area contributed by atoms with Crippen molar-refractivity contribution >= 4 is 12.2 Å². The second-order valence-corrected chi connectivity index (χ2v) is 4.68. The van der Waals surface area contributed by atoms with Gasteiger partial charge in [-0.05, 0) is 52.5 Å². The van der Waals surface area contributed by atoms with Crippen LogP contribution in [0.15, 0.2) is 4.79 Å². The average Bonchev–Trinajstić information content (AvgIpc) is 2.54. The highest BCUT2D eigenvalue weighted by Gasteiger charge is 2.03. The summed E-state index contributed by atoms with van der Waals surface area (Å²) in [6.07, 6.45) is 2.04. The van der Waals surface area contributed by atoms with E-state index in [1.807, 2.05) is 0 Å². The van der Waals surface area contributed by atoms with Crippen molar-refractivity contribution in [2.24, 2.45) is 0 Å². The molecule has 1 rings (SSSR count). The molecule has 0 spiro atoms. The zero-order chi connectivity index (χ0) is 12.1. The van der Waals surface area contributed by atoms with Gasteiger partial charge in [0.1, 0.15) is 0 Å². The fourth-order valence-electron chi connectivity index (χ4n) is 1.43. The topological polar surface area (TPSA) is 56.8 Å². The van der Waals surface area contributed by atoms with Crippen LogP contribution in [0.25, 0.3) is 0 Å². The maximum atomic E-state index is 11.3. The highest BCUT2D eigenvalue weighted by atomic mass is 32.1. The van der Waals surface area contributed by atoms with Crippen LogP contribution >= 0.6 is 12.2 Å². The minimum atomic E-state index is -0.151. The fraction of sp³-hybridized carbons (Fsp3) is 0.800. The lowest BCUT2D eigenvalue weighted by molar-refractivity contribution is 0.266. The Morgan fingerprint density at radius 1 is 1.38 bits per heavy atom. The minimum Gasteiger partial charge on any atom is -0.304 e. The summed E-state index contributed by atoms with van der Waals surface area (Å²) < 4.78 is 2.03. The summed E-state index contributed by atoms with van der Waals surface area (Å²) in [5.41, 5.74) is -0.151. The SMILES string of the molecule is CC(C)N(C)CCCCn1c(=O)[nH][nH]c1=S. The third-order valence-corrected chi connectivity index (χ3v) is 3.11. The Balaban J connectivity index is 2.32. The molecular formula is C10H20N4OS. The first-order chi connectivity index (χ1) is 7.52. The number of nitrogens with zero attached hydrogens (tertiary/aromatic N) is 2. The van der Waals surface area contributed by atoms with E-state index in [2.05, 4.69) is 36.0 Å². The second kappa shape index (κ2) is 6.00. The van der Waals surface area contributed by atoms with Crippen LogP contribution < -0.4 is 5.69 Å². The highest BCUT2D eigenvalue weighted by molar-refractivity contribution is 7.71. The van der Waals surface area contributed by atoms with Gasteiger partial charge in [0.25, 0.3) is 0 Å². The van der Waals surface area contributed by atoms with Gasteiger partial charge in [-0.1, -0.05) is 0 Å². The molecule has 0 atom stereocenters. The molecule has 1 heterocycles. The first-order valence-corrected chi connectivity index (χ1v) is 6.01. The number of hydrogen-bond acceptors (Lipinski definition) is 3. The summed E-state index contributed by atoms with van der Waals surface area (Å²) in [4.78, 5) is 13.6. The van der Waals surface area contributed by atoms with Crippen LogP contribution in [0.2, 0.25) is 0 Å². The van der Waals surface area contributed by atoms with Gasteiger partial charge in [0.05, 0.1) is 0 Å². The lowest BCUT2D eigenvalue weighted by Crippen LogP contribution is -2.27. The molecule has 0 amide bonds. The molecule has 0 aliphatic rings. The summed E-state index contributed by atoms with van der Waals surface area (Å²) in [5.74, 6) is 0. The number of H-pyrrole nitrogens is 2. The molecule has 0 saturated carbocycles. The third kappa shape index (κ3) is 3.61. The Labute approximate surface area is 100 Å². The van der Waals surface area contributed by atoms with Crippen molar-refractivity contribution in [1.29, 1.82) is 0 Å². The van der Waals surface area contributed by atoms with Gasteiger partial charge in [-0.15, -0.1) is 0 Å². The summed E-state index contributed by atoms with van der Waals surface area (Å²) in [6, 6.07) is 0.567. The minimum absolute atomic E-state index is 0.151. The van der Waals surface area contributed by atoms with Gasteiger partial charge in [0.2, 0.25) is 0 Å². The van der Waals surface area contributed by atoms with Crippen molar-refractivity contribution in [1.82, 2.24) is 19.7 Å². The number of rotatable bonds is 6. The molecule has 0 saturated heterocycles. The highest BCUT2D eigenvalue weighted by Crippen LogP contribution is 1.99. The van der Waals surface area contributed by atoms with Crippen molar-refractivity contribution in [3.63, 3.8) is 0 Å². The molecule has 0 bridgehead atoms. The molecule has 0 radical (unpaired) electrons. The number of nitrogens with one attached hydrogen (secondary N) is 2. The van der Waals surface area contributed by atoms with E-state index in [-0.39, 0.29) is 5.69 Å². The molecule has 0 aromatic carbocycles. The first-order valence-electron chi connectivity index (χ1n) is 5.60. The van der Waals surface area contributed by atoms with E-state index in [1.54, 1.807) is 4.57 Å². The predicted octanol–water partition coefficient (Wildman–Crippen LogP) is 1.35. The summed E-state index contributed by atoms with van der Waals surface area (Å²) in [7, 11) is 2.11. The molecule has 6 heteroatoms. The first kappa shape index (κ1) is 13.2. The van der Waals surface area contributed by atoms with Crippen molar-refractivity contribution in [2.75, 3.05) is 13.6 Å². The van der Waals surface area contributed by atoms with Crippen molar-refractivity contribution in [3.05, 3.63) is 15.3 Å². The summed E-state index contributed by atoms with van der Waals surface area (Å²) in [6.45, 7) is 6.08. The van der Waals surface area contributed by atoms with Gasteiger partial charge in [-0.2, -0.15) is 0 Å². The van der Waals surface area contributed by atoms with Crippen LogP contribution in [0, 0.1) is 4.77 Å². The molecule has 16 heavy (non-hydrogen) atoms. The van der Waals surface area contributed by atoms with Gasteiger partial charge >= 0.3 is 5.69 Å². The monoisotopic (exact) mass is 244 g/mol. The zero-order valence-corrected chi connectivity index (χ0v) is 10.9. The van der Waals surface area contributed by atoms with E-state index in [0.29, 0.717) is 17.4 Å². The van der Waals surface area contributed by atoms with E-state index in [1.165, 1.54) is 0 Å². The van der Waals surface area contributed by atoms with Crippen LogP contribution in [0.3, 0.4) is 0 Å². The number of aromatic amines is 2. The number of hydrogen-bond donors (Lipinski definition) is 2. The van der Waals surface area contributed by atoms with Crippen LogP contribution in [-0.2, 0) is 6.54 Å². The third-order valence-electron chi connectivity index (χ3n) is 2.79. The Hall–Kier alpha value is -0.880.